The number of nitrogens with two attached hydrogens (primary N) is 1. The van der Waals surface area contributed by atoms with Crippen LogP contribution in [0.15, 0.2) is 41.3 Å². The molecule has 0 aliphatic carbocycles. The highest BCUT2D eigenvalue weighted by atomic mass is 16.2. The van der Waals surface area contributed by atoms with Gasteiger partial charge in [-0.05, 0) is 30.7 Å². The van der Waals surface area contributed by atoms with Gasteiger partial charge in [0.1, 0.15) is 0 Å². The number of rotatable bonds is 2. The third-order valence-corrected chi connectivity index (χ3v) is 2.86. The smallest absolute Gasteiger partial charge is 0.255 e. The maximum absolute atomic E-state index is 12.1. The van der Waals surface area contributed by atoms with Gasteiger partial charge in [0, 0.05) is 29.1 Å². The van der Waals surface area contributed by atoms with Crippen LogP contribution in [0.4, 0.5) is 5.69 Å². The van der Waals surface area contributed by atoms with Crippen LogP contribution in [0.3, 0.4) is 0 Å². The molecule has 1 amide bonds. The maximum atomic E-state index is 12.1. The van der Waals surface area contributed by atoms with Crippen molar-refractivity contribution in [2.45, 2.75) is 6.92 Å². The predicted octanol–water partition coefficient (Wildman–Crippen LogP) is 1.25. The van der Waals surface area contributed by atoms with Crippen molar-refractivity contribution in [3.05, 3.63) is 63.6 Å². The summed E-state index contributed by atoms with van der Waals surface area (Å²) in [6, 6.07) is 8.31. The summed E-state index contributed by atoms with van der Waals surface area (Å²) in [7, 11) is 0. The van der Waals surface area contributed by atoms with Gasteiger partial charge < -0.3 is 16.0 Å². The standard InChI is InChI=1S/C16H15N3O2/c1-11-4-5-12(3-2-7-17)9-14(11)19-16(21)13-6-8-18-15(20)10-13/h4-6,8-10H,7,17H2,1H3,(H,18,20)(H,19,21). The van der Waals surface area contributed by atoms with Gasteiger partial charge in [-0.2, -0.15) is 0 Å². The molecule has 0 aliphatic heterocycles. The van der Waals surface area contributed by atoms with Gasteiger partial charge in [0.05, 0.1) is 6.54 Å². The lowest BCUT2D eigenvalue weighted by atomic mass is 10.1. The van der Waals surface area contributed by atoms with Crippen LogP contribution in [-0.2, 0) is 0 Å². The molecular weight excluding hydrogens is 266 g/mol. The number of aromatic amines is 1. The summed E-state index contributed by atoms with van der Waals surface area (Å²) < 4.78 is 0. The van der Waals surface area contributed by atoms with Crippen LogP contribution in [0.25, 0.3) is 0 Å². The first-order valence-corrected chi connectivity index (χ1v) is 6.40. The van der Waals surface area contributed by atoms with Gasteiger partial charge in [-0.25, -0.2) is 0 Å². The van der Waals surface area contributed by atoms with Crippen molar-refractivity contribution in [2.24, 2.45) is 5.73 Å². The Hall–Kier alpha value is -2.84. The number of hydrogen-bond donors (Lipinski definition) is 3. The SMILES string of the molecule is Cc1ccc(C#CCN)cc1NC(=O)c1cc[nH]c(=O)c1. The molecule has 1 aromatic carbocycles. The van der Waals surface area contributed by atoms with Crippen LogP contribution < -0.4 is 16.6 Å². The van der Waals surface area contributed by atoms with Crippen LogP contribution >= 0.6 is 0 Å². The van der Waals surface area contributed by atoms with Crippen LogP contribution in [0, 0.1) is 18.8 Å². The zero-order valence-electron chi connectivity index (χ0n) is 11.6. The van der Waals surface area contributed by atoms with E-state index in [1.807, 2.05) is 19.1 Å². The van der Waals surface area contributed by atoms with Crippen molar-refractivity contribution < 1.29 is 4.79 Å². The van der Waals surface area contributed by atoms with Crippen LogP contribution in [0.5, 0.6) is 0 Å². The molecule has 21 heavy (non-hydrogen) atoms. The van der Waals surface area contributed by atoms with Crippen molar-refractivity contribution in [2.75, 3.05) is 11.9 Å². The van der Waals surface area contributed by atoms with Crippen molar-refractivity contribution in [1.29, 1.82) is 0 Å². The fourth-order valence-electron chi connectivity index (χ4n) is 1.77. The molecule has 1 heterocycles. The molecule has 0 atom stereocenters. The summed E-state index contributed by atoms with van der Waals surface area (Å²) in [5.41, 5.74) is 7.66. The van der Waals surface area contributed by atoms with Crippen molar-refractivity contribution in [3.63, 3.8) is 0 Å². The molecule has 1 aromatic heterocycles. The average molecular weight is 281 g/mol. The van der Waals surface area contributed by atoms with E-state index in [1.165, 1.54) is 12.3 Å². The Morgan fingerprint density at radius 2 is 2.14 bits per heavy atom. The van der Waals surface area contributed by atoms with Crippen LogP contribution in [0.1, 0.15) is 21.5 Å². The maximum Gasteiger partial charge on any atom is 0.255 e. The predicted molar refractivity (Wildman–Crippen MR) is 82.1 cm³/mol. The van der Waals surface area contributed by atoms with Gasteiger partial charge in [-0.3, -0.25) is 9.59 Å². The Labute approximate surface area is 122 Å². The number of benzene rings is 1. The highest BCUT2D eigenvalue weighted by molar-refractivity contribution is 6.04. The van der Waals surface area contributed by atoms with E-state index in [-0.39, 0.29) is 18.0 Å². The lowest BCUT2D eigenvalue weighted by molar-refractivity contribution is 0.102. The van der Waals surface area contributed by atoms with Crippen molar-refractivity contribution >= 4 is 11.6 Å². The van der Waals surface area contributed by atoms with Gasteiger partial charge in [0.2, 0.25) is 5.56 Å². The molecule has 5 heteroatoms. The lowest BCUT2D eigenvalue weighted by Crippen LogP contribution is -2.16. The summed E-state index contributed by atoms with van der Waals surface area (Å²) in [4.78, 5) is 25.8. The Morgan fingerprint density at radius 3 is 2.86 bits per heavy atom. The number of aromatic nitrogens is 1. The van der Waals surface area contributed by atoms with E-state index < -0.39 is 0 Å². The van der Waals surface area contributed by atoms with E-state index >= 15 is 0 Å². The number of carbonyl (C=O) groups excluding carboxylic acids is 1. The van der Waals surface area contributed by atoms with Gasteiger partial charge in [-0.1, -0.05) is 17.9 Å². The highest BCUT2D eigenvalue weighted by Crippen LogP contribution is 2.17. The summed E-state index contributed by atoms with van der Waals surface area (Å²) in [6.07, 6.45) is 1.44. The zero-order chi connectivity index (χ0) is 15.2. The molecule has 0 bridgehead atoms. The van der Waals surface area contributed by atoms with Crippen molar-refractivity contribution in [3.8, 4) is 11.8 Å². The molecule has 2 aromatic rings. The van der Waals surface area contributed by atoms with Gasteiger partial charge >= 0.3 is 0 Å². The van der Waals surface area contributed by atoms with E-state index in [4.69, 9.17) is 5.73 Å². The Balaban J connectivity index is 2.26. The minimum Gasteiger partial charge on any atom is -0.329 e. The van der Waals surface area contributed by atoms with E-state index in [2.05, 4.69) is 22.1 Å². The van der Waals surface area contributed by atoms with Gasteiger partial charge in [0.15, 0.2) is 0 Å². The Bertz CT molecular complexity index is 782. The second-order valence-corrected chi connectivity index (χ2v) is 4.43. The molecule has 0 spiro atoms. The second-order valence-electron chi connectivity index (χ2n) is 4.43. The summed E-state index contributed by atoms with van der Waals surface area (Å²) in [6.45, 7) is 2.16. The first kappa shape index (κ1) is 14.6. The normalized spacial score (nSPS) is 9.62. The number of amides is 1. The number of anilines is 1. The van der Waals surface area contributed by atoms with Gasteiger partial charge in [-0.15, -0.1) is 0 Å². The number of pyridine rings is 1. The van der Waals surface area contributed by atoms with Crippen LogP contribution in [-0.4, -0.2) is 17.4 Å². The number of nitrogens with one attached hydrogen (secondary N) is 2. The molecule has 0 aliphatic rings. The molecule has 4 N–H and O–H groups in total. The molecule has 0 saturated carbocycles. The Morgan fingerprint density at radius 1 is 1.33 bits per heavy atom. The first-order chi connectivity index (χ1) is 10.1. The largest absolute Gasteiger partial charge is 0.329 e. The minimum absolute atomic E-state index is 0.280. The topological polar surface area (TPSA) is 88.0 Å². The second kappa shape index (κ2) is 6.55. The molecule has 5 nitrogen and oxygen atoms in total. The number of H-pyrrole nitrogens is 1. The molecular formula is C16H15N3O2. The molecule has 0 fully saturated rings. The molecule has 0 saturated heterocycles. The third-order valence-electron chi connectivity index (χ3n) is 2.86. The van der Waals surface area contributed by atoms with Gasteiger partial charge in [0.25, 0.3) is 5.91 Å². The summed E-state index contributed by atoms with van der Waals surface area (Å²) >= 11 is 0. The quantitative estimate of drug-likeness (QED) is 0.724. The molecule has 106 valence electrons. The molecule has 0 unspecified atom stereocenters. The summed E-state index contributed by atoms with van der Waals surface area (Å²) in [5, 5.41) is 2.78. The van der Waals surface area contributed by atoms with Crippen LogP contribution in [0.2, 0.25) is 0 Å². The summed E-state index contributed by atoms with van der Waals surface area (Å²) in [5.74, 6) is 5.34. The Kier molecular flexibility index (Phi) is 4.54. The fourth-order valence-corrected chi connectivity index (χ4v) is 1.77. The molecule has 0 radical (unpaired) electrons. The van der Waals surface area contributed by atoms with E-state index in [0.29, 0.717) is 11.3 Å². The lowest BCUT2D eigenvalue weighted by Gasteiger charge is -2.08. The van der Waals surface area contributed by atoms with E-state index in [1.54, 1.807) is 12.1 Å². The highest BCUT2D eigenvalue weighted by Gasteiger charge is 2.08. The average Bonchev–Trinajstić information content (AvgIpc) is 2.48. The van der Waals surface area contributed by atoms with E-state index in [9.17, 15) is 9.59 Å². The number of carbonyl (C=O) groups is 1. The zero-order valence-corrected chi connectivity index (χ0v) is 11.6. The first-order valence-electron chi connectivity index (χ1n) is 6.40. The monoisotopic (exact) mass is 281 g/mol. The number of hydrogen-bond acceptors (Lipinski definition) is 3. The fraction of sp³-hybridized carbons (Fsp3) is 0.125. The minimum atomic E-state index is -0.340. The number of aryl methyl sites for hydroxylation is 1. The third kappa shape index (κ3) is 3.81. The van der Waals surface area contributed by atoms with Crippen molar-refractivity contribution in [1.82, 2.24) is 4.98 Å². The van der Waals surface area contributed by atoms with E-state index in [0.717, 1.165) is 11.1 Å². The molecule has 2 rings (SSSR count).